The summed E-state index contributed by atoms with van der Waals surface area (Å²) in [6, 6.07) is 19.6. The molecule has 29 heavy (non-hydrogen) atoms. The van der Waals surface area contributed by atoms with Crippen LogP contribution in [0.4, 0.5) is 0 Å². The number of amides is 1. The van der Waals surface area contributed by atoms with E-state index in [0.29, 0.717) is 5.16 Å². The first-order valence-corrected chi connectivity index (χ1v) is 10.8. The highest BCUT2D eigenvalue weighted by molar-refractivity contribution is 8.00. The van der Waals surface area contributed by atoms with E-state index < -0.39 is 5.25 Å². The number of hydrogen-bond acceptors (Lipinski definition) is 5. The van der Waals surface area contributed by atoms with Gasteiger partial charge in [0.1, 0.15) is 5.25 Å². The van der Waals surface area contributed by atoms with Crippen LogP contribution in [0.15, 0.2) is 65.8 Å². The molecule has 1 unspecified atom stereocenters. The average molecular weight is 408 g/mol. The molecular formula is C22H25N5OS. The first-order chi connectivity index (χ1) is 14.2. The standard InChI is InChI=1S/C22H25N5OS/c23-21(28)20(17-10-4-1-5-11-17)29-22-25-24-19(16-26-14-8-3-9-15-26)27(22)18-12-6-2-7-13-18/h1-2,4-7,10-13,20H,3,8-9,14-16H2,(H2,23,28). The minimum Gasteiger partial charge on any atom is -0.368 e. The van der Waals surface area contributed by atoms with Gasteiger partial charge in [-0.15, -0.1) is 10.2 Å². The molecular weight excluding hydrogens is 382 g/mol. The monoisotopic (exact) mass is 407 g/mol. The Bertz CT molecular complexity index is 938. The Kier molecular flexibility index (Phi) is 6.27. The van der Waals surface area contributed by atoms with Crippen molar-refractivity contribution in [3.8, 4) is 5.69 Å². The van der Waals surface area contributed by atoms with Crippen LogP contribution in [0, 0.1) is 0 Å². The lowest BCUT2D eigenvalue weighted by Crippen LogP contribution is -2.30. The maximum absolute atomic E-state index is 12.2. The fraction of sp³-hybridized carbons (Fsp3) is 0.318. The van der Waals surface area contributed by atoms with Crippen LogP contribution in [0.3, 0.4) is 0 Å². The second-order valence-electron chi connectivity index (χ2n) is 7.22. The molecule has 2 heterocycles. The summed E-state index contributed by atoms with van der Waals surface area (Å²) < 4.78 is 2.05. The van der Waals surface area contributed by atoms with Crippen LogP contribution in [0.1, 0.15) is 35.9 Å². The number of thioether (sulfide) groups is 1. The van der Waals surface area contributed by atoms with Crippen LogP contribution in [0.25, 0.3) is 5.69 Å². The quantitative estimate of drug-likeness (QED) is 0.606. The molecule has 1 fully saturated rings. The summed E-state index contributed by atoms with van der Waals surface area (Å²) in [5.74, 6) is 0.498. The molecule has 0 spiro atoms. The molecule has 1 aromatic heterocycles. The van der Waals surface area contributed by atoms with Crippen LogP contribution in [0.2, 0.25) is 0 Å². The number of carbonyl (C=O) groups is 1. The van der Waals surface area contributed by atoms with Crippen molar-refractivity contribution < 1.29 is 4.79 Å². The molecule has 150 valence electrons. The molecule has 3 aromatic rings. The number of likely N-dealkylation sites (tertiary alicyclic amines) is 1. The van der Waals surface area contributed by atoms with Crippen molar-refractivity contribution in [2.24, 2.45) is 5.73 Å². The number of para-hydroxylation sites is 1. The molecule has 2 N–H and O–H groups in total. The van der Waals surface area contributed by atoms with E-state index in [9.17, 15) is 4.79 Å². The summed E-state index contributed by atoms with van der Waals surface area (Å²) in [4.78, 5) is 14.6. The molecule has 7 heteroatoms. The Labute approximate surface area is 175 Å². The maximum Gasteiger partial charge on any atom is 0.235 e. The van der Waals surface area contributed by atoms with Gasteiger partial charge in [0.05, 0.1) is 6.54 Å². The van der Waals surface area contributed by atoms with Gasteiger partial charge in [0.15, 0.2) is 11.0 Å². The zero-order valence-corrected chi connectivity index (χ0v) is 17.1. The molecule has 0 aliphatic carbocycles. The topological polar surface area (TPSA) is 77.0 Å². The fourth-order valence-electron chi connectivity index (χ4n) is 3.66. The number of rotatable bonds is 7. The summed E-state index contributed by atoms with van der Waals surface area (Å²) in [6.07, 6.45) is 3.73. The number of aromatic nitrogens is 3. The molecule has 1 atom stereocenters. The molecule has 0 radical (unpaired) electrons. The van der Waals surface area contributed by atoms with Crippen LogP contribution >= 0.6 is 11.8 Å². The third-order valence-corrected chi connectivity index (χ3v) is 6.33. The van der Waals surface area contributed by atoms with Gasteiger partial charge in [-0.2, -0.15) is 0 Å². The van der Waals surface area contributed by atoms with Crippen LogP contribution in [-0.2, 0) is 11.3 Å². The third kappa shape index (κ3) is 4.68. The van der Waals surface area contributed by atoms with Crippen molar-refractivity contribution in [3.63, 3.8) is 0 Å². The van der Waals surface area contributed by atoms with Gasteiger partial charge in [0.25, 0.3) is 0 Å². The van der Waals surface area contributed by atoms with Crippen molar-refractivity contribution in [3.05, 3.63) is 72.1 Å². The lowest BCUT2D eigenvalue weighted by atomic mass is 10.1. The number of nitrogens with two attached hydrogens (primary N) is 1. The SMILES string of the molecule is NC(=O)C(Sc1nnc(CN2CCCCC2)n1-c1ccccc1)c1ccccc1. The van der Waals surface area contributed by atoms with E-state index in [2.05, 4.69) is 19.7 Å². The number of benzene rings is 2. The number of carbonyl (C=O) groups excluding carboxylic acids is 1. The summed E-state index contributed by atoms with van der Waals surface area (Å²) in [6.45, 7) is 2.91. The lowest BCUT2D eigenvalue weighted by Gasteiger charge is -2.26. The molecule has 1 aliphatic heterocycles. The number of nitrogens with zero attached hydrogens (tertiary/aromatic N) is 4. The van der Waals surface area contributed by atoms with Gasteiger partial charge in [-0.25, -0.2) is 0 Å². The molecule has 0 bridgehead atoms. The fourth-order valence-corrected chi connectivity index (χ4v) is 4.68. The van der Waals surface area contributed by atoms with E-state index in [-0.39, 0.29) is 5.91 Å². The Morgan fingerprint density at radius 1 is 0.966 bits per heavy atom. The zero-order chi connectivity index (χ0) is 20.1. The first-order valence-electron chi connectivity index (χ1n) is 9.95. The van der Waals surface area contributed by atoms with Crippen molar-refractivity contribution in [2.75, 3.05) is 13.1 Å². The number of piperidine rings is 1. The van der Waals surface area contributed by atoms with Crippen molar-refractivity contribution in [1.29, 1.82) is 0 Å². The Balaban J connectivity index is 1.68. The maximum atomic E-state index is 12.2. The third-order valence-electron chi connectivity index (χ3n) is 5.11. The second-order valence-corrected chi connectivity index (χ2v) is 8.29. The van der Waals surface area contributed by atoms with Gasteiger partial charge in [-0.3, -0.25) is 14.3 Å². The van der Waals surface area contributed by atoms with Gasteiger partial charge in [-0.1, -0.05) is 66.7 Å². The van der Waals surface area contributed by atoms with Gasteiger partial charge in [0, 0.05) is 5.69 Å². The smallest absolute Gasteiger partial charge is 0.235 e. The van der Waals surface area contributed by atoms with E-state index in [1.807, 2.05) is 60.7 Å². The van der Waals surface area contributed by atoms with E-state index in [1.54, 1.807) is 0 Å². The molecule has 0 saturated carbocycles. The van der Waals surface area contributed by atoms with Gasteiger partial charge >= 0.3 is 0 Å². The van der Waals surface area contributed by atoms with Crippen LogP contribution < -0.4 is 5.73 Å². The molecule has 1 aliphatic rings. The van der Waals surface area contributed by atoms with Gasteiger partial charge < -0.3 is 5.73 Å². The summed E-state index contributed by atoms with van der Waals surface area (Å²) >= 11 is 1.35. The highest BCUT2D eigenvalue weighted by Gasteiger charge is 2.25. The van der Waals surface area contributed by atoms with Crippen molar-refractivity contribution in [1.82, 2.24) is 19.7 Å². The van der Waals surface area contributed by atoms with E-state index in [1.165, 1.54) is 31.0 Å². The lowest BCUT2D eigenvalue weighted by molar-refractivity contribution is -0.117. The summed E-state index contributed by atoms with van der Waals surface area (Å²) in [5.41, 5.74) is 7.59. The summed E-state index contributed by atoms with van der Waals surface area (Å²) in [5, 5.41) is 9.09. The first kappa shape index (κ1) is 19.7. The zero-order valence-electron chi connectivity index (χ0n) is 16.3. The normalized spacial score (nSPS) is 15.9. The molecule has 4 rings (SSSR count). The summed E-state index contributed by atoms with van der Waals surface area (Å²) in [7, 11) is 0. The largest absolute Gasteiger partial charge is 0.368 e. The van der Waals surface area contributed by atoms with E-state index in [4.69, 9.17) is 5.73 Å². The molecule has 1 saturated heterocycles. The number of hydrogen-bond donors (Lipinski definition) is 1. The predicted molar refractivity (Wildman–Crippen MR) is 115 cm³/mol. The highest BCUT2D eigenvalue weighted by Crippen LogP contribution is 2.35. The van der Waals surface area contributed by atoms with Crippen LogP contribution in [0.5, 0.6) is 0 Å². The Morgan fingerprint density at radius 2 is 1.62 bits per heavy atom. The minimum atomic E-state index is -0.523. The van der Waals surface area contributed by atoms with Gasteiger partial charge in [0.2, 0.25) is 5.91 Å². The predicted octanol–water partition coefficient (Wildman–Crippen LogP) is 3.57. The second kappa shape index (κ2) is 9.24. The van der Waals surface area contributed by atoms with Crippen LogP contribution in [-0.4, -0.2) is 38.7 Å². The Morgan fingerprint density at radius 3 is 2.28 bits per heavy atom. The molecule has 1 amide bonds. The number of primary amides is 1. The van der Waals surface area contributed by atoms with E-state index >= 15 is 0 Å². The molecule has 2 aromatic carbocycles. The molecule has 6 nitrogen and oxygen atoms in total. The highest BCUT2D eigenvalue weighted by atomic mass is 32.2. The minimum absolute atomic E-state index is 0.388. The van der Waals surface area contributed by atoms with Crippen molar-refractivity contribution in [2.45, 2.75) is 36.2 Å². The van der Waals surface area contributed by atoms with E-state index in [0.717, 1.165) is 36.7 Å². The average Bonchev–Trinajstić information content (AvgIpc) is 3.16. The Hall–Kier alpha value is -2.64. The van der Waals surface area contributed by atoms with Crippen molar-refractivity contribution >= 4 is 17.7 Å². The van der Waals surface area contributed by atoms with Gasteiger partial charge in [-0.05, 0) is 43.6 Å².